The lowest BCUT2D eigenvalue weighted by Gasteiger charge is -1.78. The fraction of sp³-hybridized carbons (Fsp3) is 0.429. The van der Waals surface area contributed by atoms with Crippen LogP contribution in [0, 0.1) is 0 Å². The minimum Gasteiger partial charge on any atom is -0.229 e. The monoisotopic (exact) mass is 139 g/mol. The molecule has 0 aliphatic rings. The first kappa shape index (κ1) is 8.88. The molecule has 1 heterocycles. The van der Waals surface area contributed by atoms with Crippen molar-refractivity contribution in [3.05, 3.63) is 19.2 Å². The predicted octanol–water partition coefficient (Wildman–Crippen LogP) is 1.79. The molecule has 3 heteroatoms. The smallest absolute Gasteiger partial charge is 0.138 e. The average molecular weight is 139 g/mol. The molecule has 0 amide bonds. The summed E-state index contributed by atoms with van der Waals surface area (Å²) in [5.74, 6) is 0. The average Bonchev–Trinajstić information content (AvgIpc) is 2.39. The molecular weight excluding hydrogens is 126 g/mol. The zero-order valence-corrected chi connectivity index (χ0v) is 6.49. The third-order valence-corrected chi connectivity index (χ3v) is 0.624. The zero-order chi connectivity index (χ0) is 7.82. The maximum Gasteiger partial charge on any atom is 0.138 e. The molecule has 0 spiro atoms. The quantitative estimate of drug-likeness (QED) is 0.594. The van der Waals surface area contributed by atoms with Crippen LogP contribution >= 0.6 is 0 Å². The van der Waals surface area contributed by atoms with Crippen molar-refractivity contribution in [2.75, 3.05) is 0 Å². The maximum absolute atomic E-state index is 3.72. The van der Waals surface area contributed by atoms with E-state index < -0.39 is 0 Å². The maximum atomic E-state index is 3.72. The molecule has 0 aliphatic carbocycles. The number of nitrogens with zero attached hydrogens (tertiary/aromatic N) is 3. The Balaban J connectivity index is 0.000000236. The Morgan fingerprint density at radius 3 is 2.40 bits per heavy atom. The highest BCUT2D eigenvalue weighted by molar-refractivity contribution is 5.10. The van der Waals surface area contributed by atoms with Crippen LogP contribution in [-0.4, -0.2) is 14.8 Å². The molecule has 0 bridgehead atoms. The van der Waals surface area contributed by atoms with Crippen LogP contribution in [0.4, 0.5) is 0 Å². The topological polar surface area (TPSA) is 30.7 Å². The molecule has 0 aliphatic heterocycles. The molecular formula is C7H13N3. The SMILES string of the molecule is C=Cn1cncn1.CCC. The lowest BCUT2D eigenvalue weighted by atomic mass is 10.6. The van der Waals surface area contributed by atoms with Crippen LogP contribution in [0.5, 0.6) is 0 Å². The van der Waals surface area contributed by atoms with E-state index in [4.69, 9.17) is 0 Å². The normalized spacial score (nSPS) is 7.80. The molecule has 0 atom stereocenters. The molecule has 3 nitrogen and oxygen atoms in total. The van der Waals surface area contributed by atoms with Gasteiger partial charge in [0.25, 0.3) is 0 Å². The fourth-order valence-electron chi connectivity index (χ4n) is 0.312. The molecule has 0 N–H and O–H groups in total. The molecule has 1 aromatic heterocycles. The predicted molar refractivity (Wildman–Crippen MR) is 42.4 cm³/mol. The lowest BCUT2D eigenvalue weighted by molar-refractivity contribution is 0.936. The molecule has 0 fully saturated rings. The third-order valence-electron chi connectivity index (χ3n) is 0.624. The van der Waals surface area contributed by atoms with E-state index in [9.17, 15) is 0 Å². The molecule has 0 unspecified atom stereocenters. The van der Waals surface area contributed by atoms with E-state index in [0.29, 0.717) is 0 Å². The molecule has 1 aromatic rings. The zero-order valence-electron chi connectivity index (χ0n) is 6.49. The van der Waals surface area contributed by atoms with Gasteiger partial charge in [-0.05, 0) is 0 Å². The Morgan fingerprint density at radius 2 is 2.20 bits per heavy atom. The molecule has 0 saturated heterocycles. The fourth-order valence-corrected chi connectivity index (χ4v) is 0.312. The largest absolute Gasteiger partial charge is 0.229 e. The van der Waals surface area contributed by atoms with E-state index in [1.54, 1.807) is 12.5 Å². The molecule has 0 radical (unpaired) electrons. The van der Waals surface area contributed by atoms with Gasteiger partial charge in [-0.2, -0.15) is 5.10 Å². The van der Waals surface area contributed by atoms with Gasteiger partial charge in [-0.15, -0.1) is 0 Å². The van der Waals surface area contributed by atoms with Gasteiger partial charge in [-0.1, -0.05) is 26.8 Å². The second kappa shape index (κ2) is 6.01. The van der Waals surface area contributed by atoms with Crippen molar-refractivity contribution in [3.63, 3.8) is 0 Å². The number of hydrogen-bond donors (Lipinski definition) is 0. The van der Waals surface area contributed by atoms with Gasteiger partial charge in [0.1, 0.15) is 12.7 Å². The van der Waals surface area contributed by atoms with E-state index >= 15 is 0 Å². The van der Waals surface area contributed by atoms with Crippen LogP contribution in [0.25, 0.3) is 6.20 Å². The van der Waals surface area contributed by atoms with Crippen molar-refractivity contribution in [1.82, 2.24) is 14.8 Å². The van der Waals surface area contributed by atoms with Crippen molar-refractivity contribution in [2.45, 2.75) is 20.3 Å². The molecule has 56 valence electrons. The van der Waals surface area contributed by atoms with E-state index in [1.165, 1.54) is 17.4 Å². The Hall–Kier alpha value is -1.12. The van der Waals surface area contributed by atoms with Crippen LogP contribution in [0.2, 0.25) is 0 Å². The Kier molecular flexibility index (Phi) is 5.33. The van der Waals surface area contributed by atoms with Crippen LogP contribution < -0.4 is 0 Å². The first-order valence-corrected chi connectivity index (χ1v) is 3.31. The van der Waals surface area contributed by atoms with E-state index in [1.807, 2.05) is 0 Å². The summed E-state index contributed by atoms with van der Waals surface area (Å²) in [6.07, 6.45) is 5.86. The third kappa shape index (κ3) is 3.83. The Morgan fingerprint density at radius 1 is 1.60 bits per heavy atom. The van der Waals surface area contributed by atoms with Gasteiger partial charge in [-0.25, -0.2) is 9.67 Å². The van der Waals surface area contributed by atoms with Crippen LogP contribution in [0.3, 0.4) is 0 Å². The molecule has 0 saturated carbocycles. The molecule has 10 heavy (non-hydrogen) atoms. The van der Waals surface area contributed by atoms with Gasteiger partial charge in [-0.3, -0.25) is 0 Å². The number of hydrogen-bond acceptors (Lipinski definition) is 2. The van der Waals surface area contributed by atoms with Crippen molar-refractivity contribution in [2.24, 2.45) is 0 Å². The highest BCUT2D eigenvalue weighted by Crippen LogP contribution is 1.74. The second-order valence-electron chi connectivity index (χ2n) is 1.77. The summed E-state index contributed by atoms with van der Waals surface area (Å²) in [5, 5.41) is 3.72. The summed E-state index contributed by atoms with van der Waals surface area (Å²) < 4.78 is 1.53. The van der Waals surface area contributed by atoms with Gasteiger partial charge in [0.2, 0.25) is 0 Å². The molecule has 1 rings (SSSR count). The van der Waals surface area contributed by atoms with Crippen LogP contribution in [-0.2, 0) is 0 Å². The van der Waals surface area contributed by atoms with E-state index in [0.717, 1.165) is 0 Å². The molecule has 0 aromatic carbocycles. The van der Waals surface area contributed by atoms with Crippen molar-refractivity contribution in [1.29, 1.82) is 0 Å². The Labute approximate surface area is 61.4 Å². The van der Waals surface area contributed by atoms with E-state index in [2.05, 4.69) is 30.5 Å². The first-order valence-electron chi connectivity index (χ1n) is 3.31. The summed E-state index contributed by atoms with van der Waals surface area (Å²) in [5.41, 5.74) is 0. The van der Waals surface area contributed by atoms with Crippen molar-refractivity contribution < 1.29 is 0 Å². The summed E-state index contributed by atoms with van der Waals surface area (Å²) in [7, 11) is 0. The summed E-state index contributed by atoms with van der Waals surface area (Å²) in [6.45, 7) is 7.71. The van der Waals surface area contributed by atoms with Gasteiger partial charge < -0.3 is 0 Å². The van der Waals surface area contributed by atoms with Gasteiger partial charge in [0.05, 0.1) is 0 Å². The summed E-state index contributed by atoms with van der Waals surface area (Å²) >= 11 is 0. The lowest BCUT2D eigenvalue weighted by Crippen LogP contribution is -1.81. The second-order valence-corrected chi connectivity index (χ2v) is 1.77. The number of rotatable bonds is 1. The van der Waals surface area contributed by atoms with Gasteiger partial charge in [0, 0.05) is 6.20 Å². The summed E-state index contributed by atoms with van der Waals surface area (Å²) in [6, 6.07) is 0. The number of aromatic nitrogens is 3. The van der Waals surface area contributed by atoms with Crippen molar-refractivity contribution >= 4 is 6.20 Å². The highest BCUT2D eigenvalue weighted by atomic mass is 15.3. The van der Waals surface area contributed by atoms with E-state index in [-0.39, 0.29) is 0 Å². The standard InChI is InChI=1S/C4H5N3.C3H8/c1-2-7-4-5-3-6-7;1-3-2/h2-4H,1H2;3H2,1-2H3. The first-order chi connectivity index (χ1) is 4.85. The van der Waals surface area contributed by atoms with Gasteiger partial charge in [0.15, 0.2) is 0 Å². The minimum atomic E-state index is 1.25. The Bertz CT molecular complexity index is 155. The highest BCUT2D eigenvalue weighted by Gasteiger charge is 1.74. The van der Waals surface area contributed by atoms with Crippen LogP contribution in [0.1, 0.15) is 20.3 Å². The van der Waals surface area contributed by atoms with Crippen LogP contribution in [0.15, 0.2) is 19.2 Å². The van der Waals surface area contributed by atoms with Gasteiger partial charge >= 0.3 is 0 Å². The minimum absolute atomic E-state index is 1.25. The van der Waals surface area contributed by atoms with Crippen molar-refractivity contribution in [3.8, 4) is 0 Å². The summed E-state index contributed by atoms with van der Waals surface area (Å²) in [4.78, 5) is 3.67.